The highest BCUT2D eigenvalue weighted by molar-refractivity contribution is 6.33. The van der Waals surface area contributed by atoms with Crippen molar-refractivity contribution in [3.8, 4) is 0 Å². The molecule has 0 unspecified atom stereocenters. The molecule has 24 heavy (non-hydrogen) atoms. The molecular weight excluding hydrogens is 288 g/mol. The van der Waals surface area contributed by atoms with E-state index in [1.807, 2.05) is 0 Å². The summed E-state index contributed by atoms with van der Waals surface area (Å²) < 4.78 is 0. The predicted octanol–water partition coefficient (Wildman–Crippen LogP) is 6.97. The van der Waals surface area contributed by atoms with Crippen molar-refractivity contribution in [3.05, 3.63) is 70.8 Å². The molecule has 0 spiro atoms. The van der Waals surface area contributed by atoms with Crippen LogP contribution in [0.4, 0.5) is 0 Å². The van der Waals surface area contributed by atoms with E-state index < -0.39 is 0 Å². The highest BCUT2D eigenvalue weighted by atomic mass is 14.2. The molecule has 0 saturated heterocycles. The van der Waals surface area contributed by atoms with E-state index in [4.69, 9.17) is 0 Å². The maximum Gasteiger partial charge on any atom is -0.00210 e. The van der Waals surface area contributed by atoms with Gasteiger partial charge in [-0.1, -0.05) is 48.5 Å². The maximum absolute atomic E-state index is 2.36. The quantitative estimate of drug-likeness (QED) is 0.214. The highest BCUT2D eigenvalue weighted by Gasteiger charge is 2.15. The Balaban J connectivity index is 2.27. The Kier molecular flexibility index (Phi) is 2.58. The first-order chi connectivity index (χ1) is 11.5. The Bertz CT molecular complexity index is 1180. The fourth-order valence-corrected chi connectivity index (χ4v) is 4.56. The van der Waals surface area contributed by atoms with Crippen molar-refractivity contribution in [1.82, 2.24) is 0 Å². The van der Waals surface area contributed by atoms with Crippen LogP contribution >= 0.6 is 0 Å². The van der Waals surface area contributed by atoms with Crippen LogP contribution in [0.25, 0.3) is 43.1 Å². The first-order valence-corrected chi connectivity index (χ1v) is 8.63. The fourth-order valence-electron chi connectivity index (χ4n) is 4.56. The van der Waals surface area contributed by atoms with Gasteiger partial charge in [-0.05, 0) is 93.0 Å². The summed E-state index contributed by atoms with van der Waals surface area (Å²) in [5, 5.41) is 11.2. The number of benzene rings is 5. The number of hydrogen-bond donors (Lipinski definition) is 0. The molecule has 0 aromatic heterocycles. The second kappa shape index (κ2) is 4.48. The average Bonchev–Trinajstić information content (AvgIpc) is 2.53. The molecule has 0 aliphatic heterocycles. The van der Waals surface area contributed by atoms with Crippen molar-refractivity contribution in [2.24, 2.45) is 0 Å². The Morgan fingerprint density at radius 3 is 1.46 bits per heavy atom. The SMILES string of the molecule is Cc1cc2cc(C)cc3c4ccc(C)c5c(C)ccc(c(c1)c23)c54. The van der Waals surface area contributed by atoms with Crippen LogP contribution in [-0.2, 0) is 0 Å². The average molecular weight is 308 g/mol. The van der Waals surface area contributed by atoms with Crippen molar-refractivity contribution in [3.63, 3.8) is 0 Å². The van der Waals surface area contributed by atoms with E-state index in [0.29, 0.717) is 0 Å². The Labute approximate surface area is 142 Å². The standard InChI is InChI=1S/C24H20/c1-13-9-17-10-14(2)12-21-19-8-6-16(4)22-15(3)5-7-18(24(19)22)20(11-13)23(17)21/h5-12H,1-4H3. The van der Waals surface area contributed by atoms with Crippen molar-refractivity contribution in [2.75, 3.05) is 0 Å². The molecule has 5 aromatic carbocycles. The molecule has 0 saturated carbocycles. The van der Waals surface area contributed by atoms with Gasteiger partial charge in [0.1, 0.15) is 0 Å². The minimum atomic E-state index is 1.33. The van der Waals surface area contributed by atoms with Crippen LogP contribution in [0.1, 0.15) is 22.3 Å². The van der Waals surface area contributed by atoms with Crippen LogP contribution in [0, 0.1) is 27.7 Å². The van der Waals surface area contributed by atoms with E-state index in [-0.39, 0.29) is 0 Å². The van der Waals surface area contributed by atoms with Gasteiger partial charge in [0.2, 0.25) is 0 Å². The van der Waals surface area contributed by atoms with E-state index in [9.17, 15) is 0 Å². The lowest BCUT2D eigenvalue weighted by Crippen LogP contribution is -1.92. The molecule has 5 aromatic rings. The zero-order chi connectivity index (χ0) is 16.6. The van der Waals surface area contributed by atoms with Gasteiger partial charge in [-0.15, -0.1) is 0 Å². The zero-order valence-electron chi connectivity index (χ0n) is 14.6. The molecule has 0 nitrogen and oxygen atoms in total. The molecule has 0 fully saturated rings. The van der Waals surface area contributed by atoms with Crippen LogP contribution in [0.3, 0.4) is 0 Å². The van der Waals surface area contributed by atoms with E-state index in [1.165, 1.54) is 65.3 Å². The van der Waals surface area contributed by atoms with Crippen LogP contribution < -0.4 is 0 Å². The molecule has 0 aliphatic rings. The summed E-state index contributed by atoms with van der Waals surface area (Å²) in [5.41, 5.74) is 5.40. The van der Waals surface area contributed by atoms with Gasteiger partial charge >= 0.3 is 0 Å². The molecule has 0 bridgehead atoms. The lowest BCUT2D eigenvalue weighted by Gasteiger charge is -2.18. The van der Waals surface area contributed by atoms with Crippen molar-refractivity contribution in [2.45, 2.75) is 27.7 Å². The largest absolute Gasteiger partial charge is 0.0581 e. The van der Waals surface area contributed by atoms with Crippen LogP contribution in [0.5, 0.6) is 0 Å². The van der Waals surface area contributed by atoms with E-state index in [1.54, 1.807) is 0 Å². The maximum atomic E-state index is 2.36. The second-order valence-electron chi connectivity index (χ2n) is 7.33. The minimum absolute atomic E-state index is 1.33. The minimum Gasteiger partial charge on any atom is -0.0581 e. The fraction of sp³-hybridized carbons (Fsp3) is 0.167. The molecule has 0 radical (unpaired) electrons. The molecule has 0 atom stereocenters. The van der Waals surface area contributed by atoms with Gasteiger partial charge in [0.05, 0.1) is 0 Å². The first-order valence-electron chi connectivity index (χ1n) is 8.63. The summed E-state index contributed by atoms with van der Waals surface area (Å²) in [4.78, 5) is 0. The monoisotopic (exact) mass is 308 g/mol. The second-order valence-corrected chi connectivity index (χ2v) is 7.33. The van der Waals surface area contributed by atoms with E-state index in [0.717, 1.165) is 0 Å². The van der Waals surface area contributed by atoms with Gasteiger partial charge in [-0.25, -0.2) is 0 Å². The van der Waals surface area contributed by atoms with Crippen LogP contribution in [-0.4, -0.2) is 0 Å². The lowest BCUT2D eigenvalue weighted by atomic mass is 9.86. The van der Waals surface area contributed by atoms with Crippen LogP contribution in [0.15, 0.2) is 48.5 Å². The van der Waals surface area contributed by atoms with Gasteiger partial charge < -0.3 is 0 Å². The molecule has 0 aliphatic carbocycles. The highest BCUT2D eigenvalue weighted by Crippen LogP contribution is 2.42. The molecular formula is C24H20. The van der Waals surface area contributed by atoms with E-state index in [2.05, 4.69) is 76.2 Å². The van der Waals surface area contributed by atoms with Gasteiger partial charge in [-0.2, -0.15) is 0 Å². The lowest BCUT2D eigenvalue weighted by molar-refractivity contribution is 1.47. The van der Waals surface area contributed by atoms with Crippen LogP contribution in [0.2, 0.25) is 0 Å². The summed E-state index contributed by atoms with van der Waals surface area (Å²) in [7, 11) is 0. The smallest absolute Gasteiger partial charge is 0.00210 e. The Morgan fingerprint density at radius 1 is 0.458 bits per heavy atom. The molecule has 5 rings (SSSR count). The molecule has 116 valence electrons. The predicted molar refractivity (Wildman–Crippen MR) is 107 cm³/mol. The van der Waals surface area contributed by atoms with Crippen molar-refractivity contribution in [1.29, 1.82) is 0 Å². The molecule has 0 amide bonds. The summed E-state index contributed by atoms with van der Waals surface area (Å²) in [6.45, 7) is 8.87. The summed E-state index contributed by atoms with van der Waals surface area (Å²) in [6.07, 6.45) is 0. The van der Waals surface area contributed by atoms with Gasteiger partial charge in [0.15, 0.2) is 0 Å². The molecule has 0 N–H and O–H groups in total. The molecule has 0 heteroatoms. The Hall–Kier alpha value is -2.60. The normalized spacial score (nSPS) is 12.2. The van der Waals surface area contributed by atoms with Gasteiger partial charge in [-0.3, -0.25) is 0 Å². The molecule has 0 heterocycles. The van der Waals surface area contributed by atoms with E-state index >= 15 is 0 Å². The summed E-state index contributed by atoms with van der Waals surface area (Å²) >= 11 is 0. The third-order valence-corrected chi connectivity index (χ3v) is 5.50. The van der Waals surface area contributed by atoms with Crippen molar-refractivity contribution < 1.29 is 0 Å². The number of fused-ring (bicyclic) bond motifs is 2. The number of aryl methyl sites for hydroxylation is 4. The van der Waals surface area contributed by atoms with Crippen molar-refractivity contribution >= 4 is 43.1 Å². The third kappa shape index (κ3) is 1.63. The Morgan fingerprint density at radius 2 is 0.958 bits per heavy atom. The number of hydrogen-bond acceptors (Lipinski definition) is 0. The third-order valence-electron chi connectivity index (χ3n) is 5.50. The summed E-state index contributed by atoms with van der Waals surface area (Å²) in [5.74, 6) is 0. The number of rotatable bonds is 0. The summed E-state index contributed by atoms with van der Waals surface area (Å²) in [6, 6.07) is 18.5. The first kappa shape index (κ1) is 13.8. The van der Waals surface area contributed by atoms with Gasteiger partial charge in [0, 0.05) is 0 Å². The topological polar surface area (TPSA) is 0 Å². The van der Waals surface area contributed by atoms with Gasteiger partial charge in [0.25, 0.3) is 0 Å². The zero-order valence-corrected chi connectivity index (χ0v) is 14.6.